The van der Waals surface area contributed by atoms with Gasteiger partial charge in [0.05, 0.1) is 12.2 Å². The third-order valence-electron chi connectivity index (χ3n) is 2.45. The molecule has 2 rings (SSSR count). The monoisotopic (exact) mass is 140 g/mol. The molecule has 2 aliphatic heterocycles. The van der Waals surface area contributed by atoms with E-state index < -0.39 is 0 Å². The molecule has 0 spiro atoms. The largest absolute Gasteiger partial charge is 0.339 e. The minimum Gasteiger partial charge on any atom is -0.339 e. The van der Waals surface area contributed by atoms with Gasteiger partial charge in [0.2, 0.25) is 5.91 Å². The molecule has 0 radical (unpaired) electrons. The molecule has 2 heterocycles. The second-order valence-electron chi connectivity index (χ2n) is 3.08. The second-order valence-corrected chi connectivity index (χ2v) is 3.08. The molecule has 2 fully saturated rings. The van der Waals surface area contributed by atoms with Crippen LogP contribution in [-0.2, 0) is 4.79 Å². The lowest BCUT2D eigenvalue weighted by molar-refractivity contribution is -0.121. The van der Waals surface area contributed by atoms with E-state index in [0.29, 0.717) is 0 Å². The lowest BCUT2D eigenvalue weighted by atomic mass is 10.2. The normalized spacial score (nSPS) is 39.9. The van der Waals surface area contributed by atoms with Gasteiger partial charge in [-0.1, -0.05) is 0 Å². The zero-order valence-electron chi connectivity index (χ0n) is 6.13. The Bertz CT molecular complexity index is 169. The summed E-state index contributed by atoms with van der Waals surface area (Å²) in [4.78, 5) is 13.4. The molecule has 2 atom stereocenters. The van der Waals surface area contributed by atoms with Crippen LogP contribution < -0.4 is 5.32 Å². The fourth-order valence-electron chi connectivity index (χ4n) is 1.92. The van der Waals surface area contributed by atoms with E-state index in [-0.39, 0.29) is 18.1 Å². The molecule has 3 heteroatoms. The van der Waals surface area contributed by atoms with E-state index in [9.17, 15) is 4.79 Å². The van der Waals surface area contributed by atoms with Gasteiger partial charge in [0.25, 0.3) is 0 Å². The van der Waals surface area contributed by atoms with E-state index in [2.05, 4.69) is 10.2 Å². The van der Waals surface area contributed by atoms with Crippen molar-refractivity contribution in [1.29, 1.82) is 0 Å². The highest BCUT2D eigenvalue weighted by Crippen LogP contribution is 2.23. The van der Waals surface area contributed by atoms with Crippen LogP contribution in [0.5, 0.6) is 0 Å². The molecule has 56 valence electrons. The van der Waals surface area contributed by atoms with E-state index in [1.807, 2.05) is 6.92 Å². The average molecular weight is 140 g/mol. The Labute approximate surface area is 60.4 Å². The molecule has 0 aromatic heterocycles. The van der Waals surface area contributed by atoms with Crippen LogP contribution >= 0.6 is 0 Å². The Hall–Kier alpha value is -0.570. The molecule has 0 aromatic rings. The van der Waals surface area contributed by atoms with Gasteiger partial charge in [-0.2, -0.15) is 0 Å². The smallest absolute Gasteiger partial charge is 0.238 e. The summed E-state index contributed by atoms with van der Waals surface area (Å²) in [5.74, 6) is 0.227. The molecular weight excluding hydrogens is 128 g/mol. The van der Waals surface area contributed by atoms with Crippen LogP contribution in [0.15, 0.2) is 0 Å². The summed E-state index contributed by atoms with van der Waals surface area (Å²) >= 11 is 0. The number of nitrogens with one attached hydrogen (secondary N) is 1. The van der Waals surface area contributed by atoms with Gasteiger partial charge in [-0.25, -0.2) is 0 Å². The third kappa shape index (κ3) is 0.669. The number of carbonyl (C=O) groups is 1. The van der Waals surface area contributed by atoms with Crippen molar-refractivity contribution >= 4 is 5.91 Å². The fraction of sp³-hybridized carbons (Fsp3) is 0.857. The summed E-state index contributed by atoms with van der Waals surface area (Å²) < 4.78 is 0. The minimum atomic E-state index is 0.204. The first-order valence-corrected chi connectivity index (χ1v) is 3.85. The van der Waals surface area contributed by atoms with Crippen molar-refractivity contribution in [2.45, 2.75) is 32.0 Å². The van der Waals surface area contributed by atoms with Crippen molar-refractivity contribution in [2.75, 3.05) is 6.54 Å². The number of fused-ring (bicyclic) bond motifs is 1. The van der Waals surface area contributed by atoms with E-state index in [1.54, 1.807) is 0 Å². The highest BCUT2D eigenvalue weighted by atomic mass is 16.2. The van der Waals surface area contributed by atoms with E-state index in [0.717, 1.165) is 13.0 Å². The highest BCUT2D eigenvalue weighted by Gasteiger charge is 2.39. The van der Waals surface area contributed by atoms with Crippen LogP contribution in [0.4, 0.5) is 0 Å². The quantitative estimate of drug-likeness (QED) is 0.510. The molecule has 0 aliphatic carbocycles. The second kappa shape index (κ2) is 1.95. The van der Waals surface area contributed by atoms with E-state index in [4.69, 9.17) is 0 Å². The SMILES string of the molecule is CC1NC(=O)C2CCCN12. The minimum absolute atomic E-state index is 0.204. The highest BCUT2D eigenvalue weighted by molar-refractivity contribution is 5.84. The Morgan fingerprint density at radius 1 is 1.70 bits per heavy atom. The standard InChI is InChI=1S/C7H12N2O/c1-5-8-7(10)6-3-2-4-9(5)6/h5-6H,2-4H2,1H3,(H,8,10). The number of hydrogen-bond acceptors (Lipinski definition) is 2. The molecule has 0 saturated carbocycles. The molecule has 2 aliphatic rings. The topological polar surface area (TPSA) is 32.3 Å². The number of rotatable bonds is 0. The van der Waals surface area contributed by atoms with Crippen LogP contribution in [0.3, 0.4) is 0 Å². The molecule has 1 N–H and O–H groups in total. The first-order valence-electron chi connectivity index (χ1n) is 3.85. The predicted molar refractivity (Wildman–Crippen MR) is 37.3 cm³/mol. The van der Waals surface area contributed by atoms with Crippen LogP contribution in [0.25, 0.3) is 0 Å². The number of amides is 1. The maximum absolute atomic E-state index is 11.1. The molecule has 3 nitrogen and oxygen atoms in total. The molecule has 1 amide bonds. The van der Waals surface area contributed by atoms with E-state index >= 15 is 0 Å². The summed E-state index contributed by atoms with van der Waals surface area (Å²) in [7, 11) is 0. The zero-order valence-corrected chi connectivity index (χ0v) is 6.13. The van der Waals surface area contributed by atoms with Crippen molar-refractivity contribution in [3.8, 4) is 0 Å². The third-order valence-corrected chi connectivity index (χ3v) is 2.45. The molecular formula is C7H12N2O. The van der Waals surface area contributed by atoms with Crippen LogP contribution in [-0.4, -0.2) is 29.6 Å². The van der Waals surface area contributed by atoms with Gasteiger partial charge in [0.15, 0.2) is 0 Å². The van der Waals surface area contributed by atoms with Crippen molar-refractivity contribution in [3.05, 3.63) is 0 Å². The summed E-state index contributed by atoms with van der Waals surface area (Å²) in [5.41, 5.74) is 0. The maximum atomic E-state index is 11.1. The Morgan fingerprint density at radius 2 is 2.50 bits per heavy atom. The molecule has 2 saturated heterocycles. The summed E-state index contributed by atoms with van der Waals surface area (Å²) in [6.45, 7) is 3.13. The van der Waals surface area contributed by atoms with Gasteiger partial charge >= 0.3 is 0 Å². The van der Waals surface area contributed by atoms with Crippen molar-refractivity contribution in [2.24, 2.45) is 0 Å². The van der Waals surface area contributed by atoms with Gasteiger partial charge in [-0.05, 0) is 19.8 Å². The summed E-state index contributed by atoms with van der Waals surface area (Å²) in [5, 5.41) is 2.91. The maximum Gasteiger partial charge on any atom is 0.238 e. The van der Waals surface area contributed by atoms with Gasteiger partial charge in [-0.15, -0.1) is 0 Å². The van der Waals surface area contributed by atoms with Gasteiger partial charge in [-0.3, -0.25) is 9.69 Å². The van der Waals surface area contributed by atoms with Crippen molar-refractivity contribution in [3.63, 3.8) is 0 Å². The number of hydrogen-bond donors (Lipinski definition) is 1. The summed E-state index contributed by atoms with van der Waals surface area (Å²) in [6.07, 6.45) is 2.51. The lowest BCUT2D eigenvalue weighted by Crippen LogP contribution is -2.32. The first kappa shape index (κ1) is 6.16. The Morgan fingerprint density at radius 3 is 3.20 bits per heavy atom. The van der Waals surface area contributed by atoms with Crippen LogP contribution in [0, 0.1) is 0 Å². The lowest BCUT2D eigenvalue weighted by Gasteiger charge is -2.16. The van der Waals surface area contributed by atoms with Crippen LogP contribution in [0.1, 0.15) is 19.8 Å². The van der Waals surface area contributed by atoms with Crippen LogP contribution in [0.2, 0.25) is 0 Å². The first-order chi connectivity index (χ1) is 4.79. The number of carbonyl (C=O) groups excluding carboxylic acids is 1. The van der Waals surface area contributed by atoms with Crippen molar-refractivity contribution < 1.29 is 4.79 Å². The van der Waals surface area contributed by atoms with Crippen molar-refractivity contribution in [1.82, 2.24) is 10.2 Å². The molecule has 10 heavy (non-hydrogen) atoms. The van der Waals surface area contributed by atoms with Gasteiger partial charge in [0.1, 0.15) is 0 Å². The predicted octanol–water partition coefficient (Wildman–Crippen LogP) is -0.0734. The Kier molecular flexibility index (Phi) is 1.20. The van der Waals surface area contributed by atoms with E-state index in [1.165, 1.54) is 6.42 Å². The molecule has 0 aromatic carbocycles. The Balaban J connectivity index is 2.19. The number of nitrogens with zero attached hydrogens (tertiary/aromatic N) is 1. The summed E-state index contributed by atoms with van der Waals surface area (Å²) in [6, 6.07) is 0.204. The molecule has 0 bridgehead atoms. The molecule has 2 unspecified atom stereocenters. The zero-order chi connectivity index (χ0) is 7.14. The van der Waals surface area contributed by atoms with Gasteiger partial charge < -0.3 is 5.32 Å². The fourth-order valence-corrected chi connectivity index (χ4v) is 1.92. The van der Waals surface area contributed by atoms with Gasteiger partial charge in [0, 0.05) is 6.54 Å². The average Bonchev–Trinajstić information content (AvgIpc) is 2.39.